The van der Waals surface area contributed by atoms with Crippen LogP contribution in [-0.4, -0.2) is 13.7 Å². The normalized spacial score (nSPS) is 9.93. The van der Waals surface area contributed by atoms with Crippen LogP contribution < -0.4 is 10.5 Å². The van der Waals surface area contributed by atoms with E-state index in [2.05, 4.69) is 6.58 Å². The average Bonchev–Trinajstić information content (AvgIpc) is 2.18. The lowest BCUT2D eigenvalue weighted by atomic mass is 10.0. The largest absolute Gasteiger partial charge is 0.496 e. The van der Waals surface area contributed by atoms with E-state index in [0.717, 1.165) is 23.3 Å². The van der Waals surface area contributed by atoms with Gasteiger partial charge in [0.2, 0.25) is 0 Å². The molecule has 0 aliphatic rings. The average molecular weight is 212 g/mol. The Bertz CT molecular complexity index is 336. The van der Waals surface area contributed by atoms with Crippen molar-refractivity contribution in [1.29, 1.82) is 0 Å². The predicted octanol–water partition coefficient (Wildman–Crippen LogP) is 2.71. The van der Waals surface area contributed by atoms with Crippen molar-refractivity contribution < 1.29 is 4.74 Å². The van der Waals surface area contributed by atoms with Crippen molar-refractivity contribution in [3.8, 4) is 5.75 Å². The molecule has 1 rings (SSSR count). The molecule has 0 saturated heterocycles. The molecule has 0 saturated carbocycles. The SMILES string of the molecule is C=C(CCN)c1cc(Cl)ccc1OC. The molecule has 0 spiro atoms. The zero-order chi connectivity index (χ0) is 10.6. The Kier molecular flexibility index (Phi) is 3.98. The smallest absolute Gasteiger partial charge is 0.126 e. The highest BCUT2D eigenvalue weighted by atomic mass is 35.5. The van der Waals surface area contributed by atoms with Gasteiger partial charge in [0, 0.05) is 10.6 Å². The Morgan fingerprint density at radius 3 is 2.86 bits per heavy atom. The highest BCUT2D eigenvalue weighted by molar-refractivity contribution is 6.30. The van der Waals surface area contributed by atoms with Gasteiger partial charge in [-0.25, -0.2) is 0 Å². The quantitative estimate of drug-likeness (QED) is 0.831. The second-order valence-electron chi connectivity index (χ2n) is 2.99. The van der Waals surface area contributed by atoms with Crippen molar-refractivity contribution in [3.63, 3.8) is 0 Å². The van der Waals surface area contributed by atoms with Gasteiger partial charge in [-0.15, -0.1) is 0 Å². The maximum absolute atomic E-state index is 5.89. The van der Waals surface area contributed by atoms with E-state index in [1.54, 1.807) is 13.2 Å². The van der Waals surface area contributed by atoms with E-state index in [-0.39, 0.29) is 0 Å². The van der Waals surface area contributed by atoms with E-state index in [0.29, 0.717) is 11.6 Å². The molecule has 14 heavy (non-hydrogen) atoms. The van der Waals surface area contributed by atoms with Crippen molar-refractivity contribution in [2.24, 2.45) is 5.73 Å². The number of ether oxygens (including phenoxy) is 1. The van der Waals surface area contributed by atoms with Gasteiger partial charge in [0.05, 0.1) is 7.11 Å². The Labute approximate surface area is 89.3 Å². The molecule has 0 aromatic heterocycles. The minimum Gasteiger partial charge on any atom is -0.496 e. The lowest BCUT2D eigenvalue weighted by molar-refractivity contribution is 0.413. The number of hydrogen-bond donors (Lipinski definition) is 1. The van der Waals surface area contributed by atoms with Crippen molar-refractivity contribution in [1.82, 2.24) is 0 Å². The standard InChI is InChI=1S/C11H14ClNO/c1-8(5-6-13)10-7-9(12)3-4-11(10)14-2/h3-4,7H,1,5-6,13H2,2H3. The molecular weight excluding hydrogens is 198 g/mol. The minimum absolute atomic E-state index is 0.578. The summed E-state index contributed by atoms with van der Waals surface area (Å²) < 4.78 is 5.21. The minimum atomic E-state index is 0.578. The van der Waals surface area contributed by atoms with E-state index < -0.39 is 0 Å². The molecule has 0 fully saturated rings. The second-order valence-corrected chi connectivity index (χ2v) is 3.42. The van der Waals surface area contributed by atoms with E-state index in [4.69, 9.17) is 22.1 Å². The lowest BCUT2D eigenvalue weighted by Crippen LogP contribution is -2.00. The van der Waals surface area contributed by atoms with Gasteiger partial charge in [0.1, 0.15) is 5.75 Å². The number of benzene rings is 1. The number of nitrogens with two attached hydrogens (primary N) is 1. The van der Waals surface area contributed by atoms with Gasteiger partial charge in [0.25, 0.3) is 0 Å². The van der Waals surface area contributed by atoms with Gasteiger partial charge < -0.3 is 10.5 Å². The van der Waals surface area contributed by atoms with Crippen LogP contribution in [0.4, 0.5) is 0 Å². The van der Waals surface area contributed by atoms with Crippen LogP contribution in [0.3, 0.4) is 0 Å². The summed E-state index contributed by atoms with van der Waals surface area (Å²) in [6.45, 7) is 4.52. The lowest BCUT2D eigenvalue weighted by Gasteiger charge is -2.10. The molecule has 0 aliphatic carbocycles. The van der Waals surface area contributed by atoms with Crippen molar-refractivity contribution in [2.45, 2.75) is 6.42 Å². The number of hydrogen-bond acceptors (Lipinski definition) is 2. The highest BCUT2D eigenvalue weighted by Gasteiger charge is 2.06. The van der Waals surface area contributed by atoms with Crippen LogP contribution in [0.15, 0.2) is 24.8 Å². The van der Waals surface area contributed by atoms with Crippen LogP contribution in [0, 0.1) is 0 Å². The molecule has 76 valence electrons. The molecule has 0 amide bonds. The molecule has 3 heteroatoms. The fourth-order valence-electron chi connectivity index (χ4n) is 1.27. The van der Waals surface area contributed by atoms with Gasteiger partial charge in [-0.05, 0) is 36.7 Å². The molecular formula is C11H14ClNO. The van der Waals surface area contributed by atoms with Gasteiger partial charge >= 0.3 is 0 Å². The van der Waals surface area contributed by atoms with Crippen molar-refractivity contribution in [3.05, 3.63) is 35.4 Å². The van der Waals surface area contributed by atoms with Crippen LogP contribution in [0.25, 0.3) is 5.57 Å². The van der Waals surface area contributed by atoms with Crippen LogP contribution in [0.5, 0.6) is 5.75 Å². The highest BCUT2D eigenvalue weighted by Crippen LogP contribution is 2.29. The third kappa shape index (κ3) is 2.50. The van der Waals surface area contributed by atoms with E-state index in [1.165, 1.54) is 0 Å². The summed E-state index contributed by atoms with van der Waals surface area (Å²) in [5, 5.41) is 0.680. The molecule has 2 nitrogen and oxygen atoms in total. The summed E-state index contributed by atoms with van der Waals surface area (Å²) >= 11 is 5.89. The molecule has 1 aromatic carbocycles. The molecule has 1 aromatic rings. The van der Waals surface area contributed by atoms with Crippen LogP contribution in [-0.2, 0) is 0 Å². The van der Waals surface area contributed by atoms with Crippen molar-refractivity contribution >= 4 is 17.2 Å². The second kappa shape index (κ2) is 5.03. The fourth-order valence-corrected chi connectivity index (χ4v) is 1.44. The molecule has 0 radical (unpaired) electrons. The summed E-state index contributed by atoms with van der Waals surface area (Å²) in [7, 11) is 1.63. The Morgan fingerprint density at radius 1 is 1.57 bits per heavy atom. The zero-order valence-corrected chi connectivity index (χ0v) is 8.97. The first-order chi connectivity index (χ1) is 6.69. The molecule has 0 unspecified atom stereocenters. The first-order valence-electron chi connectivity index (χ1n) is 4.40. The predicted molar refractivity (Wildman–Crippen MR) is 60.7 cm³/mol. The summed E-state index contributed by atoms with van der Waals surface area (Å²) in [4.78, 5) is 0. The number of rotatable bonds is 4. The van der Waals surface area contributed by atoms with Crippen LogP contribution >= 0.6 is 11.6 Å². The van der Waals surface area contributed by atoms with Crippen LogP contribution in [0.1, 0.15) is 12.0 Å². The van der Waals surface area contributed by atoms with Gasteiger partial charge in [-0.3, -0.25) is 0 Å². The monoisotopic (exact) mass is 211 g/mol. The summed E-state index contributed by atoms with van der Waals surface area (Å²) in [6.07, 6.45) is 0.747. The Hall–Kier alpha value is -0.990. The maximum Gasteiger partial charge on any atom is 0.126 e. The molecule has 0 heterocycles. The molecule has 0 atom stereocenters. The molecule has 2 N–H and O–H groups in total. The molecule has 0 aliphatic heterocycles. The fraction of sp³-hybridized carbons (Fsp3) is 0.273. The number of methoxy groups -OCH3 is 1. The first kappa shape index (κ1) is 11.1. The summed E-state index contributed by atoms with van der Waals surface area (Å²) in [5.41, 5.74) is 7.35. The summed E-state index contributed by atoms with van der Waals surface area (Å²) in [5.74, 6) is 0.785. The Morgan fingerprint density at radius 2 is 2.29 bits per heavy atom. The zero-order valence-electron chi connectivity index (χ0n) is 8.22. The third-order valence-electron chi connectivity index (χ3n) is 1.99. The van der Waals surface area contributed by atoms with Gasteiger partial charge in [0.15, 0.2) is 0 Å². The third-order valence-corrected chi connectivity index (χ3v) is 2.22. The number of halogens is 1. The molecule has 0 bridgehead atoms. The van der Waals surface area contributed by atoms with Crippen molar-refractivity contribution in [2.75, 3.05) is 13.7 Å². The summed E-state index contributed by atoms with van der Waals surface area (Å²) in [6, 6.07) is 5.47. The first-order valence-corrected chi connectivity index (χ1v) is 4.78. The van der Waals surface area contributed by atoms with E-state index in [1.807, 2.05) is 12.1 Å². The van der Waals surface area contributed by atoms with Crippen LogP contribution in [0.2, 0.25) is 5.02 Å². The van der Waals surface area contributed by atoms with Gasteiger partial charge in [-0.2, -0.15) is 0 Å². The van der Waals surface area contributed by atoms with E-state index in [9.17, 15) is 0 Å². The van der Waals surface area contributed by atoms with E-state index >= 15 is 0 Å². The topological polar surface area (TPSA) is 35.2 Å². The Balaban J connectivity index is 3.03. The van der Waals surface area contributed by atoms with Gasteiger partial charge in [-0.1, -0.05) is 18.2 Å². The maximum atomic E-state index is 5.89.